The number of carbonyl (C=O) groups excluding carboxylic acids is 1. The molecule has 0 bridgehead atoms. The van der Waals surface area contributed by atoms with Crippen LogP contribution < -0.4 is 9.80 Å². The van der Waals surface area contributed by atoms with Gasteiger partial charge in [-0.1, -0.05) is 103 Å². The Kier molecular flexibility index (Phi) is 15.6. The van der Waals surface area contributed by atoms with Crippen molar-refractivity contribution in [3.8, 4) is 0 Å². The molecule has 1 saturated carbocycles. The lowest BCUT2D eigenvalue weighted by Gasteiger charge is -2.25. The number of hydrogen-bond acceptors (Lipinski definition) is 3. The highest BCUT2D eigenvalue weighted by atomic mass is 16.1. The first-order valence-electron chi connectivity index (χ1n) is 17.2. The van der Waals surface area contributed by atoms with Crippen LogP contribution in [-0.2, 0) is 4.79 Å². The lowest BCUT2D eigenvalue weighted by molar-refractivity contribution is -0.111. The van der Waals surface area contributed by atoms with Crippen LogP contribution in [0, 0.1) is 0 Å². The van der Waals surface area contributed by atoms with E-state index in [1.54, 1.807) is 0 Å². The van der Waals surface area contributed by atoms with Gasteiger partial charge >= 0.3 is 0 Å². The summed E-state index contributed by atoms with van der Waals surface area (Å²) in [7, 11) is 0. The van der Waals surface area contributed by atoms with Gasteiger partial charge in [0.15, 0.2) is 5.78 Å². The number of benzene rings is 2. The monoisotopic (exact) mass is 570 g/mol. The third-order valence-electron chi connectivity index (χ3n) is 8.57. The molecule has 0 saturated heterocycles. The molecule has 0 radical (unpaired) electrons. The number of Topliss-reactive ketones (excluding diaryl/α,β-unsaturated/α-hetero) is 1. The Morgan fingerprint density at radius 3 is 1.10 bits per heavy atom. The molecule has 3 nitrogen and oxygen atoms in total. The Hall–Kier alpha value is -2.81. The summed E-state index contributed by atoms with van der Waals surface area (Å²) in [6.07, 6.45) is 21.0. The van der Waals surface area contributed by atoms with Gasteiger partial charge in [-0.2, -0.15) is 0 Å². The van der Waals surface area contributed by atoms with Gasteiger partial charge < -0.3 is 9.80 Å². The van der Waals surface area contributed by atoms with Gasteiger partial charge in [0.2, 0.25) is 0 Å². The Labute approximate surface area is 258 Å². The Bertz CT molecular complexity index is 989. The van der Waals surface area contributed by atoms with Crippen molar-refractivity contribution in [3.63, 3.8) is 0 Å². The Balaban J connectivity index is 1.64. The third-order valence-corrected chi connectivity index (χ3v) is 8.57. The van der Waals surface area contributed by atoms with Gasteiger partial charge in [-0.25, -0.2) is 0 Å². The normalized spacial score (nSPS) is 15.2. The third kappa shape index (κ3) is 11.1. The lowest BCUT2D eigenvalue weighted by Crippen LogP contribution is -2.25. The summed E-state index contributed by atoms with van der Waals surface area (Å²) >= 11 is 0. The van der Waals surface area contributed by atoms with Crippen molar-refractivity contribution >= 4 is 29.3 Å². The minimum absolute atomic E-state index is 0.213. The van der Waals surface area contributed by atoms with Crippen LogP contribution in [0.3, 0.4) is 0 Å². The molecule has 42 heavy (non-hydrogen) atoms. The summed E-state index contributed by atoms with van der Waals surface area (Å²) in [5.41, 5.74) is 6.74. The molecule has 0 spiro atoms. The fourth-order valence-electron chi connectivity index (χ4n) is 5.89. The van der Waals surface area contributed by atoms with E-state index in [2.05, 4.69) is 98.2 Å². The van der Waals surface area contributed by atoms with Gasteiger partial charge in [0.05, 0.1) is 0 Å². The van der Waals surface area contributed by atoms with Crippen LogP contribution in [0.25, 0.3) is 12.2 Å². The largest absolute Gasteiger partial charge is 0.372 e. The van der Waals surface area contributed by atoms with Crippen LogP contribution in [0.1, 0.15) is 129 Å². The van der Waals surface area contributed by atoms with Crippen molar-refractivity contribution < 1.29 is 4.79 Å². The second-order valence-corrected chi connectivity index (χ2v) is 12.2. The highest BCUT2D eigenvalue weighted by molar-refractivity contribution is 6.15. The van der Waals surface area contributed by atoms with Gasteiger partial charge in [-0.05, 0) is 86.1 Å². The highest BCUT2D eigenvalue weighted by Crippen LogP contribution is 2.30. The molecule has 0 aliphatic heterocycles. The maximum absolute atomic E-state index is 13.3. The molecule has 0 heterocycles. The van der Waals surface area contributed by atoms with Crippen molar-refractivity contribution in [2.45, 2.75) is 118 Å². The van der Waals surface area contributed by atoms with Crippen molar-refractivity contribution in [3.05, 3.63) is 70.8 Å². The number of nitrogens with zero attached hydrogens (tertiary/aromatic N) is 2. The van der Waals surface area contributed by atoms with E-state index in [0.717, 1.165) is 61.3 Å². The van der Waals surface area contributed by atoms with E-state index >= 15 is 0 Å². The van der Waals surface area contributed by atoms with E-state index in [1.807, 2.05) is 0 Å². The predicted molar refractivity (Wildman–Crippen MR) is 186 cm³/mol. The minimum atomic E-state index is 0.213. The smallest absolute Gasteiger partial charge is 0.185 e. The molecular formula is C39H58N2O. The molecule has 0 aromatic heterocycles. The first-order valence-corrected chi connectivity index (χ1v) is 17.2. The molecule has 0 N–H and O–H groups in total. The van der Waals surface area contributed by atoms with E-state index in [0.29, 0.717) is 0 Å². The molecule has 2 aromatic carbocycles. The van der Waals surface area contributed by atoms with Gasteiger partial charge in [-0.15, -0.1) is 0 Å². The summed E-state index contributed by atoms with van der Waals surface area (Å²) in [5.74, 6) is 0.213. The maximum atomic E-state index is 13.3. The number of allylic oxidation sites excluding steroid dienone is 2. The molecule has 0 atom stereocenters. The lowest BCUT2D eigenvalue weighted by atomic mass is 10.1. The zero-order valence-corrected chi connectivity index (χ0v) is 27.3. The molecule has 1 aliphatic carbocycles. The zero-order valence-electron chi connectivity index (χ0n) is 27.3. The molecule has 1 aliphatic rings. The first kappa shape index (κ1) is 33.7. The first-order chi connectivity index (χ1) is 20.6. The van der Waals surface area contributed by atoms with E-state index in [4.69, 9.17) is 0 Å². The second kappa shape index (κ2) is 19.4. The second-order valence-electron chi connectivity index (χ2n) is 12.2. The van der Waals surface area contributed by atoms with E-state index < -0.39 is 0 Å². The van der Waals surface area contributed by atoms with Crippen molar-refractivity contribution in [1.82, 2.24) is 0 Å². The predicted octanol–water partition coefficient (Wildman–Crippen LogP) is 10.9. The van der Waals surface area contributed by atoms with Crippen LogP contribution in [-0.4, -0.2) is 32.0 Å². The quantitative estimate of drug-likeness (QED) is 0.117. The number of ketones is 1. The minimum Gasteiger partial charge on any atom is -0.372 e. The van der Waals surface area contributed by atoms with Crippen molar-refractivity contribution in [2.75, 3.05) is 36.0 Å². The number of anilines is 2. The number of unbranched alkanes of at least 4 members (excludes halogenated alkanes) is 8. The van der Waals surface area contributed by atoms with Gasteiger partial charge in [0, 0.05) is 48.7 Å². The Morgan fingerprint density at radius 2 is 0.810 bits per heavy atom. The molecule has 0 unspecified atom stereocenters. The number of carbonyl (C=O) groups is 1. The van der Waals surface area contributed by atoms with Gasteiger partial charge in [0.1, 0.15) is 0 Å². The Morgan fingerprint density at radius 1 is 0.500 bits per heavy atom. The SMILES string of the molecule is CCCCCN(CCCCC)c1ccc(C=C2CCC(=Cc3ccc(N(CCCCC)CCCCC)cc3)C2=O)cc1. The van der Waals surface area contributed by atoms with E-state index in [9.17, 15) is 4.79 Å². The van der Waals surface area contributed by atoms with Gasteiger partial charge in [0.25, 0.3) is 0 Å². The molecule has 2 aromatic rings. The standard InChI is InChI=1S/C39H58N2O/c1-5-9-13-27-40(28-14-10-6-2)37-23-17-33(18-24-37)31-35-21-22-36(39(35)42)32-34-19-25-38(26-20-34)41(29-15-11-7-3)30-16-12-8-4/h17-20,23-26,31-32H,5-16,21-22,27-30H2,1-4H3. The van der Waals surface area contributed by atoms with Crippen LogP contribution >= 0.6 is 0 Å². The van der Waals surface area contributed by atoms with E-state index in [-0.39, 0.29) is 5.78 Å². The summed E-state index contributed by atoms with van der Waals surface area (Å²) in [6, 6.07) is 17.7. The topological polar surface area (TPSA) is 23.6 Å². The van der Waals surface area contributed by atoms with Crippen molar-refractivity contribution in [1.29, 1.82) is 0 Å². The number of rotatable bonds is 20. The van der Waals surface area contributed by atoms with Crippen LogP contribution in [0.15, 0.2) is 59.7 Å². The summed E-state index contributed by atoms with van der Waals surface area (Å²) in [4.78, 5) is 18.4. The van der Waals surface area contributed by atoms with Gasteiger partial charge in [-0.3, -0.25) is 4.79 Å². The van der Waals surface area contributed by atoms with Crippen LogP contribution in [0.5, 0.6) is 0 Å². The molecule has 3 rings (SSSR count). The zero-order chi connectivity index (χ0) is 30.0. The highest BCUT2D eigenvalue weighted by Gasteiger charge is 2.23. The summed E-state index contributed by atoms with van der Waals surface area (Å²) in [5, 5.41) is 0. The fourth-order valence-corrected chi connectivity index (χ4v) is 5.89. The summed E-state index contributed by atoms with van der Waals surface area (Å²) < 4.78 is 0. The summed E-state index contributed by atoms with van der Waals surface area (Å²) in [6.45, 7) is 13.6. The van der Waals surface area contributed by atoms with E-state index in [1.165, 1.54) is 88.4 Å². The maximum Gasteiger partial charge on any atom is 0.185 e. The molecule has 1 fully saturated rings. The fraction of sp³-hybridized carbons (Fsp3) is 0.564. The molecule has 3 heteroatoms. The molecule has 0 amide bonds. The molecule has 230 valence electrons. The average Bonchev–Trinajstić information content (AvgIpc) is 3.34. The van der Waals surface area contributed by atoms with Crippen molar-refractivity contribution in [2.24, 2.45) is 0 Å². The molecular weight excluding hydrogens is 512 g/mol. The van der Waals surface area contributed by atoms with Crippen LogP contribution in [0.4, 0.5) is 11.4 Å². The average molecular weight is 571 g/mol. The number of hydrogen-bond donors (Lipinski definition) is 0. The van der Waals surface area contributed by atoms with Crippen LogP contribution in [0.2, 0.25) is 0 Å².